The van der Waals surface area contributed by atoms with Crippen LogP contribution in [0.2, 0.25) is 0 Å². The molecular weight excluding hydrogens is 258 g/mol. The minimum absolute atomic E-state index is 0.0203. The standard InChI is InChI=1S/C15H25NO4/c17-12-5-4-8-16(11-12)13(18)9-15(10-14(19)20)6-2-1-3-7-15/h12,17H,1-11H2,(H,19,20)/t12-/m0/s1. The van der Waals surface area contributed by atoms with Gasteiger partial charge >= 0.3 is 5.97 Å². The lowest BCUT2D eigenvalue weighted by atomic mass is 9.69. The van der Waals surface area contributed by atoms with Gasteiger partial charge in [0.05, 0.1) is 12.5 Å². The van der Waals surface area contributed by atoms with Crippen LogP contribution in [0.5, 0.6) is 0 Å². The zero-order valence-corrected chi connectivity index (χ0v) is 12.0. The molecular formula is C15H25NO4. The normalized spacial score (nSPS) is 26.2. The molecule has 1 amide bonds. The Balaban J connectivity index is 1.99. The van der Waals surface area contributed by atoms with E-state index >= 15 is 0 Å². The number of aliphatic carboxylic acids is 1. The Kier molecular flexibility index (Phi) is 5.02. The lowest BCUT2D eigenvalue weighted by Gasteiger charge is -2.38. The number of hydrogen-bond acceptors (Lipinski definition) is 3. The van der Waals surface area contributed by atoms with Crippen LogP contribution in [-0.4, -0.2) is 46.2 Å². The molecule has 114 valence electrons. The van der Waals surface area contributed by atoms with E-state index in [4.69, 9.17) is 5.11 Å². The first-order valence-electron chi connectivity index (χ1n) is 7.68. The van der Waals surface area contributed by atoms with Gasteiger partial charge in [0.25, 0.3) is 0 Å². The first-order chi connectivity index (χ1) is 9.51. The van der Waals surface area contributed by atoms with Crippen molar-refractivity contribution in [1.82, 2.24) is 4.90 Å². The number of carboxylic acid groups (broad SMARTS) is 1. The van der Waals surface area contributed by atoms with E-state index < -0.39 is 12.1 Å². The van der Waals surface area contributed by atoms with Gasteiger partial charge in [-0.15, -0.1) is 0 Å². The number of aliphatic hydroxyl groups is 1. The van der Waals surface area contributed by atoms with E-state index in [2.05, 4.69) is 0 Å². The van der Waals surface area contributed by atoms with Crippen LogP contribution in [0.1, 0.15) is 57.8 Å². The molecule has 20 heavy (non-hydrogen) atoms. The highest BCUT2D eigenvalue weighted by molar-refractivity contribution is 5.78. The fraction of sp³-hybridized carbons (Fsp3) is 0.867. The van der Waals surface area contributed by atoms with Gasteiger partial charge in [-0.05, 0) is 31.1 Å². The van der Waals surface area contributed by atoms with E-state index in [1.54, 1.807) is 4.90 Å². The maximum atomic E-state index is 12.4. The third-order valence-electron chi connectivity index (χ3n) is 4.72. The number of carbonyl (C=O) groups excluding carboxylic acids is 1. The SMILES string of the molecule is O=C(O)CC1(CC(=O)N2CCC[C@H](O)C2)CCCCC1. The van der Waals surface area contributed by atoms with Crippen LogP contribution < -0.4 is 0 Å². The van der Waals surface area contributed by atoms with Crippen LogP contribution in [0, 0.1) is 5.41 Å². The zero-order valence-electron chi connectivity index (χ0n) is 12.0. The van der Waals surface area contributed by atoms with Crippen LogP contribution in [-0.2, 0) is 9.59 Å². The summed E-state index contributed by atoms with van der Waals surface area (Å²) in [4.78, 5) is 25.3. The molecule has 1 heterocycles. The molecule has 5 nitrogen and oxygen atoms in total. The number of nitrogens with zero attached hydrogens (tertiary/aromatic N) is 1. The van der Waals surface area contributed by atoms with E-state index in [1.165, 1.54) is 0 Å². The van der Waals surface area contributed by atoms with Gasteiger partial charge in [0, 0.05) is 19.5 Å². The first kappa shape index (κ1) is 15.3. The summed E-state index contributed by atoms with van der Waals surface area (Å²) in [5, 5.41) is 18.8. The third kappa shape index (κ3) is 3.95. The van der Waals surface area contributed by atoms with E-state index in [1.807, 2.05) is 0 Å². The maximum Gasteiger partial charge on any atom is 0.303 e. The van der Waals surface area contributed by atoms with Crippen molar-refractivity contribution in [2.24, 2.45) is 5.41 Å². The molecule has 1 saturated carbocycles. The van der Waals surface area contributed by atoms with E-state index in [9.17, 15) is 14.7 Å². The number of hydrogen-bond donors (Lipinski definition) is 2. The molecule has 0 radical (unpaired) electrons. The van der Waals surface area contributed by atoms with Crippen molar-refractivity contribution in [3.05, 3.63) is 0 Å². The quantitative estimate of drug-likeness (QED) is 0.824. The number of carbonyl (C=O) groups is 2. The molecule has 2 N–H and O–H groups in total. The Morgan fingerprint density at radius 3 is 2.40 bits per heavy atom. The van der Waals surface area contributed by atoms with Gasteiger partial charge < -0.3 is 15.1 Å². The smallest absolute Gasteiger partial charge is 0.303 e. The molecule has 2 rings (SSSR count). The average Bonchev–Trinajstić information content (AvgIpc) is 2.38. The van der Waals surface area contributed by atoms with Crippen LogP contribution in [0.25, 0.3) is 0 Å². The molecule has 1 aliphatic heterocycles. The van der Waals surface area contributed by atoms with Crippen molar-refractivity contribution in [3.63, 3.8) is 0 Å². The average molecular weight is 283 g/mol. The third-order valence-corrected chi connectivity index (χ3v) is 4.72. The molecule has 2 fully saturated rings. The van der Waals surface area contributed by atoms with Gasteiger partial charge in [0.1, 0.15) is 0 Å². The lowest BCUT2D eigenvalue weighted by molar-refractivity contribution is -0.143. The van der Waals surface area contributed by atoms with Crippen molar-refractivity contribution in [3.8, 4) is 0 Å². The number of aliphatic hydroxyl groups excluding tert-OH is 1. The second kappa shape index (κ2) is 6.57. The molecule has 0 aromatic heterocycles. The minimum atomic E-state index is -0.807. The minimum Gasteiger partial charge on any atom is -0.481 e. The van der Waals surface area contributed by atoms with Gasteiger partial charge in [-0.25, -0.2) is 0 Å². The fourth-order valence-corrected chi connectivity index (χ4v) is 3.65. The van der Waals surface area contributed by atoms with Gasteiger partial charge in [0.2, 0.25) is 5.91 Å². The van der Waals surface area contributed by atoms with Crippen LogP contribution in [0.4, 0.5) is 0 Å². The van der Waals surface area contributed by atoms with Crippen molar-refractivity contribution >= 4 is 11.9 Å². The summed E-state index contributed by atoms with van der Waals surface area (Å²) in [5.74, 6) is -0.787. The van der Waals surface area contributed by atoms with E-state index in [-0.39, 0.29) is 17.7 Å². The van der Waals surface area contributed by atoms with Gasteiger partial charge in [-0.1, -0.05) is 19.3 Å². The molecule has 0 aromatic rings. The summed E-state index contributed by atoms with van der Waals surface area (Å²) in [6, 6.07) is 0. The number of likely N-dealkylation sites (tertiary alicyclic amines) is 1. The highest BCUT2D eigenvalue weighted by Crippen LogP contribution is 2.42. The van der Waals surface area contributed by atoms with Crippen LogP contribution in [0.15, 0.2) is 0 Å². The number of rotatable bonds is 4. The molecule has 1 saturated heterocycles. The summed E-state index contributed by atoms with van der Waals surface area (Å²) in [6.45, 7) is 1.10. The molecule has 2 aliphatic rings. The Morgan fingerprint density at radius 1 is 1.10 bits per heavy atom. The predicted molar refractivity (Wildman–Crippen MR) is 74.2 cm³/mol. The predicted octanol–water partition coefficient (Wildman–Crippen LogP) is 1.78. The number of amides is 1. The van der Waals surface area contributed by atoms with E-state index in [0.29, 0.717) is 19.5 Å². The second-order valence-electron chi connectivity index (χ2n) is 6.44. The number of carboxylic acids is 1. The van der Waals surface area contributed by atoms with Gasteiger partial charge in [0.15, 0.2) is 0 Å². The lowest BCUT2D eigenvalue weighted by Crippen LogP contribution is -2.44. The number of piperidine rings is 1. The summed E-state index contributed by atoms with van der Waals surface area (Å²) < 4.78 is 0. The van der Waals surface area contributed by atoms with Crippen molar-refractivity contribution < 1.29 is 19.8 Å². The molecule has 1 atom stereocenters. The zero-order chi connectivity index (χ0) is 14.6. The van der Waals surface area contributed by atoms with Crippen LogP contribution in [0.3, 0.4) is 0 Å². The van der Waals surface area contributed by atoms with Crippen LogP contribution >= 0.6 is 0 Å². The number of β-amino-alcohol motifs (C(OH)–C–C–N with tert-alkyl or cyclic N) is 1. The Labute approximate surface area is 120 Å². The maximum absolute atomic E-state index is 12.4. The molecule has 1 aliphatic carbocycles. The van der Waals surface area contributed by atoms with Gasteiger partial charge in [-0.2, -0.15) is 0 Å². The van der Waals surface area contributed by atoms with Crippen molar-refractivity contribution in [1.29, 1.82) is 0 Å². The second-order valence-corrected chi connectivity index (χ2v) is 6.44. The highest BCUT2D eigenvalue weighted by Gasteiger charge is 2.38. The topological polar surface area (TPSA) is 77.8 Å². The molecule has 0 unspecified atom stereocenters. The Morgan fingerprint density at radius 2 is 1.80 bits per heavy atom. The van der Waals surface area contributed by atoms with E-state index in [0.717, 1.165) is 44.9 Å². The molecule has 0 bridgehead atoms. The summed E-state index contributed by atoms with van der Waals surface area (Å²) in [5.41, 5.74) is -0.358. The highest BCUT2D eigenvalue weighted by atomic mass is 16.4. The monoisotopic (exact) mass is 283 g/mol. The summed E-state index contributed by atoms with van der Waals surface area (Å²) >= 11 is 0. The molecule has 5 heteroatoms. The summed E-state index contributed by atoms with van der Waals surface area (Å²) in [7, 11) is 0. The molecule has 0 aromatic carbocycles. The van der Waals surface area contributed by atoms with Crippen molar-refractivity contribution in [2.45, 2.75) is 63.9 Å². The molecule has 0 spiro atoms. The first-order valence-corrected chi connectivity index (χ1v) is 7.68. The summed E-state index contributed by atoms with van der Waals surface area (Å²) in [6.07, 6.45) is 6.42. The largest absolute Gasteiger partial charge is 0.481 e. The Bertz CT molecular complexity index is 363. The van der Waals surface area contributed by atoms with Gasteiger partial charge in [-0.3, -0.25) is 9.59 Å². The van der Waals surface area contributed by atoms with Crippen molar-refractivity contribution in [2.75, 3.05) is 13.1 Å². The Hall–Kier alpha value is -1.10. The fourth-order valence-electron chi connectivity index (χ4n) is 3.65.